The molecule has 0 saturated carbocycles. The highest BCUT2D eigenvalue weighted by Gasteiger charge is 2.31. The molecule has 0 aliphatic carbocycles. The third-order valence-corrected chi connectivity index (χ3v) is 6.69. The summed E-state index contributed by atoms with van der Waals surface area (Å²) in [7, 11) is 0. The lowest BCUT2D eigenvalue weighted by atomic mass is 10.0. The number of likely N-dealkylation sites (tertiary alicyclic amines) is 1. The van der Waals surface area contributed by atoms with E-state index in [9.17, 15) is 0 Å². The van der Waals surface area contributed by atoms with Crippen LogP contribution in [0.2, 0.25) is 0 Å². The van der Waals surface area contributed by atoms with Gasteiger partial charge in [0.05, 0.1) is 12.0 Å². The van der Waals surface area contributed by atoms with Crippen LogP contribution in [0.25, 0.3) is 10.2 Å². The zero-order chi connectivity index (χ0) is 17.9. The summed E-state index contributed by atoms with van der Waals surface area (Å²) in [6.45, 7) is 10.8. The largest absolute Gasteiger partial charge is 0.381 e. The van der Waals surface area contributed by atoms with E-state index in [0.717, 1.165) is 55.3 Å². The van der Waals surface area contributed by atoms with Gasteiger partial charge in [-0.25, -0.2) is 9.97 Å². The van der Waals surface area contributed by atoms with Crippen molar-refractivity contribution in [1.29, 1.82) is 0 Å². The standard InChI is InChI=1S/C20H30N4OS/c1-3-10-25-13-16-4-7-24(12-16)17-5-8-23(9-6-17)19-18-11-15(2)26-20(18)22-14-21-19/h11,14,16-17H,3-10,12-13H2,1-2H3/t16-/m1/s1. The van der Waals surface area contributed by atoms with Crippen LogP contribution in [-0.4, -0.2) is 60.3 Å². The number of thiophene rings is 1. The van der Waals surface area contributed by atoms with Gasteiger partial charge < -0.3 is 9.64 Å². The maximum atomic E-state index is 5.77. The summed E-state index contributed by atoms with van der Waals surface area (Å²) in [5, 5.41) is 1.22. The van der Waals surface area contributed by atoms with Crippen LogP contribution in [0.5, 0.6) is 0 Å². The van der Waals surface area contributed by atoms with Crippen LogP contribution in [0.3, 0.4) is 0 Å². The van der Waals surface area contributed by atoms with Crippen molar-refractivity contribution in [2.75, 3.05) is 44.3 Å². The molecule has 0 amide bonds. The van der Waals surface area contributed by atoms with Crippen LogP contribution in [-0.2, 0) is 4.74 Å². The quantitative estimate of drug-likeness (QED) is 0.721. The first-order chi connectivity index (χ1) is 12.7. The molecule has 4 rings (SSSR count). The molecule has 1 atom stereocenters. The number of piperidine rings is 1. The molecule has 0 aromatic carbocycles. The van der Waals surface area contributed by atoms with Gasteiger partial charge in [0.1, 0.15) is 17.0 Å². The zero-order valence-electron chi connectivity index (χ0n) is 16.0. The Bertz CT molecular complexity index is 726. The molecule has 2 aromatic heterocycles. The summed E-state index contributed by atoms with van der Waals surface area (Å²) in [5.74, 6) is 1.86. The second kappa shape index (κ2) is 8.19. The molecule has 2 aliphatic heterocycles. The van der Waals surface area contributed by atoms with Crippen LogP contribution in [0.15, 0.2) is 12.4 Å². The number of rotatable bonds is 6. The summed E-state index contributed by atoms with van der Waals surface area (Å²) in [6, 6.07) is 2.96. The van der Waals surface area contributed by atoms with E-state index in [4.69, 9.17) is 4.74 Å². The van der Waals surface area contributed by atoms with E-state index in [1.807, 2.05) is 0 Å². The first-order valence-electron chi connectivity index (χ1n) is 10.0. The van der Waals surface area contributed by atoms with Crippen molar-refractivity contribution in [2.24, 2.45) is 5.92 Å². The third kappa shape index (κ3) is 3.87. The summed E-state index contributed by atoms with van der Waals surface area (Å²) in [4.78, 5) is 16.6. The molecule has 0 N–H and O–H groups in total. The molecule has 4 heterocycles. The third-order valence-electron chi connectivity index (χ3n) is 5.73. The Morgan fingerprint density at radius 3 is 2.85 bits per heavy atom. The van der Waals surface area contributed by atoms with Gasteiger partial charge >= 0.3 is 0 Å². The van der Waals surface area contributed by atoms with Crippen LogP contribution in [0.4, 0.5) is 5.82 Å². The van der Waals surface area contributed by atoms with Crippen LogP contribution >= 0.6 is 11.3 Å². The van der Waals surface area contributed by atoms with E-state index in [2.05, 4.69) is 39.7 Å². The smallest absolute Gasteiger partial charge is 0.140 e. The first kappa shape index (κ1) is 18.1. The second-order valence-electron chi connectivity index (χ2n) is 7.72. The molecule has 0 unspecified atom stereocenters. The number of hydrogen-bond acceptors (Lipinski definition) is 6. The SMILES string of the molecule is CCCOC[C@@H]1CCN(C2CCN(c3ncnc4sc(C)cc34)CC2)C1. The van der Waals surface area contributed by atoms with Crippen LogP contribution < -0.4 is 4.90 Å². The van der Waals surface area contributed by atoms with Crippen molar-refractivity contribution in [1.82, 2.24) is 14.9 Å². The minimum absolute atomic E-state index is 0.726. The summed E-state index contributed by atoms with van der Waals surface area (Å²) < 4.78 is 5.77. The molecule has 142 valence electrons. The van der Waals surface area contributed by atoms with E-state index < -0.39 is 0 Å². The number of aromatic nitrogens is 2. The molecule has 26 heavy (non-hydrogen) atoms. The van der Waals surface area contributed by atoms with Crippen molar-refractivity contribution in [2.45, 2.75) is 45.6 Å². The lowest BCUT2D eigenvalue weighted by Crippen LogP contribution is -2.44. The number of aryl methyl sites for hydroxylation is 1. The zero-order valence-corrected chi connectivity index (χ0v) is 16.8. The second-order valence-corrected chi connectivity index (χ2v) is 8.95. The molecule has 2 fully saturated rings. The Labute approximate surface area is 160 Å². The fraction of sp³-hybridized carbons (Fsp3) is 0.700. The molecule has 5 nitrogen and oxygen atoms in total. The highest BCUT2D eigenvalue weighted by molar-refractivity contribution is 7.18. The average molecular weight is 375 g/mol. The number of anilines is 1. The summed E-state index contributed by atoms with van der Waals surface area (Å²) >= 11 is 1.76. The predicted octanol–water partition coefficient (Wildman–Crippen LogP) is 3.72. The highest BCUT2D eigenvalue weighted by Crippen LogP contribution is 2.32. The maximum absolute atomic E-state index is 5.77. The molecule has 2 aliphatic rings. The van der Waals surface area contributed by atoms with Gasteiger partial charge in [0.25, 0.3) is 0 Å². The monoisotopic (exact) mass is 374 g/mol. The Morgan fingerprint density at radius 2 is 2.04 bits per heavy atom. The number of nitrogens with zero attached hydrogens (tertiary/aromatic N) is 4. The lowest BCUT2D eigenvalue weighted by molar-refractivity contribution is 0.0974. The van der Waals surface area contributed by atoms with E-state index >= 15 is 0 Å². The molecule has 0 bridgehead atoms. The maximum Gasteiger partial charge on any atom is 0.140 e. The minimum atomic E-state index is 0.726. The van der Waals surface area contributed by atoms with E-state index in [1.54, 1.807) is 17.7 Å². The molecule has 0 radical (unpaired) electrons. The highest BCUT2D eigenvalue weighted by atomic mass is 32.1. The Kier molecular flexibility index (Phi) is 5.72. The van der Waals surface area contributed by atoms with Gasteiger partial charge in [-0.1, -0.05) is 6.92 Å². The van der Waals surface area contributed by atoms with Crippen molar-refractivity contribution < 1.29 is 4.74 Å². The van der Waals surface area contributed by atoms with Crippen LogP contribution in [0.1, 0.15) is 37.5 Å². The Hall–Kier alpha value is -1.24. The van der Waals surface area contributed by atoms with E-state index in [1.165, 1.54) is 42.6 Å². The number of hydrogen-bond donors (Lipinski definition) is 0. The topological polar surface area (TPSA) is 41.5 Å². The molecular formula is C20H30N4OS. The Balaban J connectivity index is 1.33. The normalized spacial score (nSPS) is 22.5. The molecule has 2 aromatic rings. The van der Waals surface area contributed by atoms with Gasteiger partial charge in [-0.2, -0.15) is 0 Å². The molecule has 6 heteroatoms. The van der Waals surface area contributed by atoms with Crippen molar-refractivity contribution in [3.8, 4) is 0 Å². The molecule has 2 saturated heterocycles. The molecule has 0 spiro atoms. The fourth-order valence-corrected chi connectivity index (χ4v) is 5.22. The van der Waals surface area contributed by atoms with Gasteiger partial charge in [0, 0.05) is 37.2 Å². The molecular weight excluding hydrogens is 344 g/mol. The average Bonchev–Trinajstić information content (AvgIpc) is 3.27. The van der Waals surface area contributed by atoms with E-state index in [0.29, 0.717) is 0 Å². The lowest BCUT2D eigenvalue weighted by Gasteiger charge is -2.37. The summed E-state index contributed by atoms with van der Waals surface area (Å²) in [6.07, 6.45) is 6.61. The summed E-state index contributed by atoms with van der Waals surface area (Å²) in [5.41, 5.74) is 0. The number of ether oxygens (including phenoxy) is 1. The van der Waals surface area contributed by atoms with Gasteiger partial charge in [0.2, 0.25) is 0 Å². The van der Waals surface area contributed by atoms with Crippen molar-refractivity contribution >= 4 is 27.4 Å². The van der Waals surface area contributed by atoms with Crippen molar-refractivity contribution in [3.05, 3.63) is 17.3 Å². The fourth-order valence-electron chi connectivity index (χ4n) is 4.38. The Morgan fingerprint density at radius 1 is 1.19 bits per heavy atom. The van der Waals surface area contributed by atoms with Gasteiger partial charge in [-0.3, -0.25) is 4.90 Å². The van der Waals surface area contributed by atoms with Gasteiger partial charge in [-0.15, -0.1) is 11.3 Å². The number of fused-ring (bicyclic) bond motifs is 1. The predicted molar refractivity (Wildman–Crippen MR) is 108 cm³/mol. The first-order valence-corrected chi connectivity index (χ1v) is 10.8. The van der Waals surface area contributed by atoms with Crippen molar-refractivity contribution in [3.63, 3.8) is 0 Å². The minimum Gasteiger partial charge on any atom is -0.381 e. The van der Waals surface area contributed by atoms with Gasteiger partial charge in [0.15, 0.2) is 0 Å². The van der Waals surface area contributed by atoms with Crippen LogP contribution in [0, 0.1) is 12.8 Å². The van der Waals surface area contributed by atoms with E-state index in [-0.39, 0.29) is 0 Å². The van der Waals surface area contributed by atoms with Gasteiger partial charge in [-0.05, 0) is 51.1 Å².